The van der Waals surface area contributed by atoms with Crippen molar-refractivity contribution in [2.24, 2.45) is 7.05 Å². The standard InChI is InChI=1S/C25H26ClN3O5/c1-28(15-21(30)22-4-3-9-33-22)14-19-11-20-24(32)17(13-29(2)25(20)34-19)10-23(31)27-12-16-5-7-18(26)8-6-16/h3-9,11,13,21,30H,10,12,14-15H2,1-2H3,(H,27,31). The van der Waals surface area contributed by atoms with Gasteiger partial charge in [-0.2, -0.15) is 0 Å². The molecule has 1 unspecified atom stereocenters. The molecule has 2 N–H and O–H groups in total. The number of benzene rings is 1. The lowest BCUT2D eigenvalue weighted by Gasteiger charge is -2.18. The average Bonchev–Trinajstić information content (AvgIpc) is 3.47. The smallest absolute Gasteiger partial charge is 0.224 e. The number of fused-ring (bicyclic) bond motifs is 1. The zero-order valence-corrected chi connectivity index (χ0v) is 19.7. The van der Waals surface area contributed by atoms with Crippen molar-refractivity contribution in [3.63, 3.8) is 0 Å². The Labute approximate surface area is 201 Å². The summed E-state index contributed by atoms with van der Waals surface area (Å²) in [4.78, 5) is 27.4. The molecule has 1 aromatic carbocycles. The molecule has 0 saturated carbocycles. The zero-order chi connectivity index (χ0) is 24.2. The highest BCUT2D eigenvalue weighted by atomic mass is 35.5. The molecule has 0 spiro atoms. The van der Waals surface area contributed by atoms with Crippen molar-refractivity contribution in [2.45, 2.75) is 25.6 Å². The predicted molar refractivity (Wildman–Crippen MR) is 128 cm³/mol. The molecule has 0 radical (unpaired) electrons. The van der Waals surface area contributed by atoms with Crippen molar-refractivity contribution >= 4 is 28.6 Å². The van der Waals surface area contributed by atoms with E-state index in [9.17, 15) is 14.7 Å². The van der Waals surface area contributed by atoms with Crippen LogP contribution in [0.5, 0.6) is 0 Å². The van der Waals surface area contributed by atoms with Crippen LogP contribution >= 0.6 is 11.6 Å². The van der Waals surface area contributed by atoms with Gasteiger partial charge in [0.15, 0.2) is 5.43 Å². The Morgan fingerprint density at radius 1 is 1.26 bits per heavy atom. The van der Waals surface area contributed by atoms with E-state index >= 15 is 0 Å². The third-order valence-electron chi connectivity index (χ3n) is 5.51. The fraction of sp³-hybridized carbons (Fsp3) is 0.280. The van der Waals surface area contributed by atoms with E-state index in [1.165, 1.54) is 6.26 Å². The summed E-state index contributed by atoms with van der Waals surface area (Å²) < 4.78 is 12.8. The maximum Gasteiger partial charge on any atom is 0.224 e. The Hall–Kier alpha value is -3.33. The van der Waals surface area contributed by atoms with Crippen LogP contribution in [0.25, 0.3) is 11.1 Å². The second-order valence-corrected chi connectivity index (χ2v) is 8.77. The van der Waals surface area contributed by atoms with Gasteiger partial charge in [0.05, 0.1) is 24.6 Å². The van der Waals surface area contributed by atoms with Crippen LogP contribution in [0.2, 0.25) is 5.02 Å². The van der Waals surface area contributed by atoms with Crippen LogP contribution in [0.3, 0.4) is 0 Å². The molecule has 4 aromatic rings. The predicted octanol–water partition coefficient (Wildman–Crippen LogP) is 3.40. The Kier molecular flexibility index (Phi) is 7.21. The number of aliphatic hydroxyl groups is 1. The van der Waals surface area contributed by atoms with E-state index in [2.05, 4.69) is 5.32 Å². The van der Waals surface area contributed by atoms with E-state index in [0.29, 0.717) is 52.8 Å². The van der Waals surface area contributed by atoms with Crippen molar-refractivity contribution in [3.8, 4) is 0 Å². The van der Waals surface area contributed by atoms with Crippen molar-refractivity contribution in [2.75, 3.05) is 13.6 Å². The number of amides is 1. The van der Waals surface area contributed by atoms with Crippen molar-refractivity contribution < 1.29 is 18.7 Å². The summed E-state index contributed by atoms with van der Waals surface area (Å²) in [6, 6.07) is 12.3. The first-order chi connectivity index (χ1) is 16.3. The summed E-state index contributed by atoms with van der Waals surface area (Å²) in [6.07, 6.45) is 2.34. The lowest BCUT2D eigenvalue weighted by atomic mass is 10.1. The molecule has 0 saturated heterocycles. The molecule has 0 aliphatic rings. The van der Waals surface area contributed by atoms with Crippen LogP contribution < -0.4 is 10.7 Å². The number of aliphatic hydroxyl groups excluding tert-OH is 1. The molecular weight excluding hydrogens is 458 g/mol. The Morgan fingerprint density at radius 2 is 2.03 bits per heavy atom. The lowest BCUT2D eigenvalue weighted by molar-refractivity contribution is -0.120. The third-order valence-corrected chi connectivity index (χ3v) is 5.76. The van der Waals surface area contributed by atoms with Crippen LogP contribution in [-0.2, 0) is 31.4 Å². The number of carbonyl (C=O) groups is 1. The number of hydrogen-bond donors (Lipinski definition) is 2. The van der Waals surface area contributed by atoms with Crippen LogP contribution in [0.1, 0.15) is 28.8 Å². The fourth-order valence-corrected chi connectivity index (χ4v) is 3.94. The lowest BCUT2D eigenvalue weighted by Crippen LogP contribution is -2.27. The first kappa shape index (κ1) is 23.8. The number of aromatic nitrogens is 1. The van der Waals surface area contributed by atoms with Crippen molar-refractivity contribution in [1.82, 2.24) is 14.8 Å². The normalized spacial score (nSPS) is 12.4. The number of nitrogens with one attached hydrogen (secondary N) is 1. The largest absolute Gasteiger partial charge is 0.467 e. The van der Waals surface area contributed by atoms with Gasteiger partial charge in [-0.25, -0.2) is 0 Å². The maximum absolute atomic E-state index is 13.0. The number of furan rings is 2. The van der Waals surface area contributed by atoms with Crippen molar-refractivity contribution in [1.29, 1.82) is 0 Å². The molecule has 9 heteroatoms. The minimum atomic E-state index is -0.770. The summed E-state index contributed by atoms with van der Waals surface area (Å²) in [5, 5.41) is 14.1. The summed E-state index contributed by atoms with van der Waals surface area (Å²) in [7, 11) is 3.61. The van der Waals surface area contributed by atoms with E-state index < -0.39 is 6.10 Å². The second-order valence-electron chi connectivity index (χ2n) is 8.33. The Balaban J connectivity index is 1.43. The average molecular weight is 484 g/mol. The van der Waals surface area contributed by atoms with E-state index in [1.807, 2.05) is 24.1 Å². The molecule has 1 atom stereocenters. The van der Waals surface area contributed by atoms with Crippen LogP contribution in [-0.4, -0.2) is 34.1 Å². The van der Waals surface area contributed by atoms with Gasteiger partial charge in [0, 0.05) is 36.9 Å². The number of hydrogen-bond acceptors (Lipinski definition) is 6. The number of likely N-dealkylation sites (N-methyl/N-ethyl adjacent to an activating group) is 1. The number of aryl methyl sites for hydroxylation is 1. The number of halogens is 1. The monoisotopic (exact) mass is 483 g/mol. The van der Waals surface area contributed by atoms with Crippen LogP contribution in [0, 0.1) is 0 Å². The first-order valence-corrected chi connectivity index (χ1v) is 11.2. The highest BCUT2D eigenvalue weighted by Crippen LogP contribution is 2.20. The topological polar surface area (TPSA) is 101 Å². The highest BCUT2D eigenvalue weighted by Gasteiger charge is 2.18. The maximum atomic E-state index is 13.0. The minimum Gasteiger partial charge on any atom is -0.467 e. The molecule has 3 heterocycles. The first-order valence-electron chi connectivity index (χ1n) is 10.8. The number of pyridine rings is 1. The molecule has 0 fully saturated rings. The number of carbonyl (C=O) groups excluding carboxylic acids is 1. The molecule has 4 rings (SSSR count). The second kappa shape index (κ2) is 10.3. The van der Waals surface area contributed by atoms with Gasteiger partial charge in [0.2, 0.25) is 11.6 Å². The molecule has 8 nitrogen and oxygen atoms in total. The molecule has 0 bridgehead atoms. The molecule has 178 valence electrons. The van der Waals surface area contributed by atoms with Crippen molar-refractivity contribution in [3.05, 3.63) is 92.8 Å². The van der Waals surface area contributed by atoms with Gasteiger partial charge in [0.25, 0.3) is 0 Å². The SMILES string of the molecule is CN(Cc1cc2c(=O)c(CC(=O)NCc3ccc(Cl)cc3)cn(C)c2o1)CC(O)c1ccco1. The molecule has 0 aliphatic heterocycles. The summed E-state index contributed by atoms with van der Waals surface area (Å²) in [6.45, 7) is 1.08. The van der Waals surface area contributed by atoms with Gasteiger partial charge in [-0.1, -0.05) is 23.7 Å². The molecule has 3 aromatic heterocycles. The Morgan fingerprint density at radius 3 is 2.74 bits per heavy atom. The fourth-order valence-electron chi connectivity index (χ4n) is 3.82. The van der Waals surface area contributed by atoms with Gasteiger partial charge >= 0.3 is 0 Å². The third kappa shape index (κ3) is 5.59. The quantitative estimate of drug-likeness (QED) is 0.378. The van der Waals surface area contributed by atoms with E-state index in [-0.39, 0.29) is 17.8 Å². The molecule has 0 aliphatic carbocycles. The van der Waals surface area contributed by atoms with Crippen LogP contribution in [0.15, 0.2) is 68.6 Å². The molecular formula is C25H26ClN3O5. The number of rotatable bonds is 9. The van der Waals surface area contributed by atoms with E-state index in [0.717, 1.165) is 5.56 Å². The summed E-state index contributed by atoms with van der Waals surface area (Å²) in [5.41, 5.74) is 1.51. The van der Waals surface area contributed by atoms with Gasteiger partial charge in [-0.05, 0) is 42.9 Å². The van der Waals surface area contributed by atoms with Gasteiger partial charge < -0.3 is 23.8 Å². The van der Waals surface area contributed by atoms with Gasteiger partial charge in [-0.15, -0.1) is 0 Å². The highest BCUT2D eigenvalue weighted by molar-refractivity contribution is 6.30. The summed E-state index contributed by atoms with van der Waals surface area (Å²) >= 11 is 5.88. The zero-order valence-electron chi connectivity index (χ0n) is 19.0. The van der Waals surface area contributed by atoms with E-state index in [4.69, 9.17) is 20.4 Å². The molecule has 34 heavy (non-hydrogen) atoms. The van der Waals surface area contributed by atoms with Gasteiger partial charge in [0.1, 0.15) is 17.6 Å². The molecule has 1 amide bonds. The van der Waals surface area contributed by atoms with E-state index in [1.54, 1.807) is 48.1 Å². The Bertz CT molecular complexity index is 1330. The summed E-state index contributed by atoms with van der Waals surface area (Å²) in [5.74, 6) is 0.826. The van der Waals surface area contributed by atoms with Gasteiger partial charge in [-0.3, -0.25) is 14.5 Å². The van der Waals surface area contributed by atoms with Crippen LogP contribution in [0.4, 0.5) is 0 Å². The minimum absolute atomic E-state index is 0.0358. The number of nitrogens with zero attached hydrogens (tertiary/aromatic N) is 2.